The van der Waals surface area contributed by atoms with Gasteiger partial charge in [0, 0.05) is 18.9 Å². The molecule has 1 radical (unpaired) electrons. The predicted molar refractivity (Wildman–Crippen MR) is 191 cm³/mol. The van der Waals surface area contributed by atoms with Crippen LogP contribution in [-0.2, 0) is 0 Å². The molecule has 0 aromatic heterocycles. The van der Waals surface area contributed by atoms with Crippen molar-refractivity contribution in [2.24, 2.45) is 0 Å². The van der Waals surface area contributed by atoms with Gasteiger partial charge in [0.2, 0.25) is 0 Å². The van der Waals surface area contributed by atoms with E-state index >= 15 is 0 Å². The molecule has 0 bridgehead atoms. The second-order valence-electron chi connectivity index (χ2n) is 12.8. The minimum Gasteiger partial charge on any atom is -0.357 e. The van der Waals surface area contributed by atoms with Crippen molar-refractivity contribution in [3.8, 4) is 0 Å². The molecule has 0 rings (SSSR count). The van der Waals surface area contributed by atoms with E-state index in [1.807, 2.05) is 0 Å². The van der Waals surface area contributed by atoms with Crippen LogP contribution in [0.5, 0.6) is 0 Å². The SMILES string of the molecule is CCCCCC[N](CCCCCC)[Al]([N](CCCCCC)CCCCCC)[N](CCCCCC)CCCCCC.[Li]. The molecule has 0 aromatic rings. The molecule has 0 unspecified atom stereocenters. The fourth-order valence-electron chi connectivity index (χ4n) is 6.17. The molecule has 3 nitrogen and oxygen atoms in total. The molecular formula is C36H78AlLiN3. The molecule has 0 atom stereocenters. The smallest absolute Gasteiger partial charge is 0.357 e. The maximum Gasteiger partial charge on any atom is 0.609 e. The molecule has 0 spiro atoms. The van der Waals surface area contributed by atoms with Crippen LogP contribution >= 0.6 is 0 Å². The van der Waals surface area contributed by atoms with Crippen LogP contribution in [0.4, 0.5) is 0 Å². The summed E-state index contributed by atoms with van der Waals surface area (Å²) in [5.41, 5.74) is 0. The molecule has 0 aliphatic rings. The zero-order valence-corrected chi connectivity index (χ0v) is 31.3. The Labute approximate surface area is 278 Å². The first kappa shape index (κ1) is 44.1. The quantitative estimate of drug-likeness (QED) is 0.0559. The van der Waals surface area contributed by atoms with Crippen LogP contribution in [0.15, 0.2) is 0 Å². The second kappa shape index (κ2) is 35.5. The number of nitrogens with zero attached hydrogens (tertiary/aromatic N) is 3. The van der Waals surface area contributed by atoms with E-state index < -0.39 is 14.8 Å². The minimum atomic E-state index is -1.39. The summed E-state index contributed by atoms with van der Waals surface area (Å²) >= 11 is -1.39. The van der Waals surface area contributed by atoms with Crippen molar-refractivity contribution in [2.45, 2.75) is 196 Å². The second-order valence-corrected chi connectivity index (χ2v) is 15.7. The standard InChI is InChI=1S/3C12H26N.Al.Li/c3*1-3-5-7-9-11-13-12-10-8-6-4-2;;/h3*3-12H2,1-2H3;;/q3*-1;+3;. The summed E-state index contributed by atoms with van der Waals surface area (Å²) in [5.74, 6) is 0. The van der Waals surface area contributed by atoms with Gasteiger partial charge in [0.1, 0.15) is 0 Å². The molecular weight excluding hydrogens is 508 g/mol. The summed E-state index contributed by atoms with van der Waals surface area (Å²) in [5, 5.41) is 0. The fraction of sp³-hybridized carbons (Fsp3) is 1.00. The molecule has 0 amide bonds. The zero-order valence-electron chi connectivity index (χ0n) is 30.1. The molecule has 0 aliphatic carbocycles. The van der Waals surface area contributed by atoms with E-state index in [0.717, 1.165) is 0 Å². The van der Waals surface area contributed by atoms with Gasteiger partial charge in [-0.3, -0.25) is 0 Å². The first-order chi connectivity index (χ1) is 19.7. The van der Waals surface area contributed by atoms with Crippen LogP contribution in [0, 0.1) is 0 Å². The summed E-state index contributed by atoms with van der Waals surface area (Å²) in [6.45, 7) is 22.3. The molecule has 0 heterocycles. The molecule has 41 heavy (non-hydrogen) atoms. The maximum atomic E-state index is 3.13. The third kappa shape index (κ3) is 26.0. The van der Waals surface area contributed by atoms with Gasteiger partial charge in [0.15, 0.2) is 0 Å². The average molecular weight is 587 g/mol. The van der Waals surface area contributed by atoms with Gasteiger partial charge in [-0.05, 0) is 77.8 Å². The van der Waals surface area contributed by atoms with E-state index in [1.165, 1.54) is 193 Å². The average Bonchev–Trinajstić information content (AvgIpc) is 2.96. The first-order valence-corrected chi connectivity index (χ1v) is 20.5. The van der Waals surface area contributed by atoms with Crippen molar-refractivity contribution in [3.05, 3.63) is 0 Å². The summed E-state index contributed by atoms with van der Waals surface area (Å²) in [6.07, 6.45) is 33.5. The molecule has 0 saturated heterocycles. The van der Waals surface area contributed by atoms with E-state index in [9.17, 15) is 0 Å². The van der Waals surface area contributed by atoms with Gasteiger partial charge in [-0.1, -0.05) is 157 Å². The molecule has 0 N–H and O–H groups in total. The summed E-state index contributed by atoms with van der Waals surface area (Å²) in [4.78, 5) is 0. The summed E-state index contributed by atoms with van der Waals surface area (Å²) < 4.78 is 9.39. The van der Waals surface area contributed by atoms with Crippen LogP contribution in [0.25, 0.3) is 0 Å². The van der Waals surface area contributed by atoms with Crippen molar-refractivity contribution in [1.82, 2.24) is 11.7 Å². The Morgan fingerprint density at radius 2 is 0.439 bits per heavy atom. The van der Waals surface area contributed by atoms with Gasteiger partial charge in [0.25, 0.3) is 0 Å². The summed E-state index contributed by atoms with van der Waals surface area (Å²) in [6, 6.07) is 0. The summed E-state index contributed by atoms with van der Waals surface area (Å²) in [7, 11) is 0. The zero-order chi connectivity index (χ0) is 29.5. The largest absolute Gasteiger partial charge is 0.609 e. The number of unbranched alkanes of at least 4 members (excludes halogenated alkanes) is 18. The molecule has 0 fully saturated rings. The normalized spacial score (nSPS) is 11.6. The van der Waals surface area contributed by atoms with Crippen molar-refractivity contribution in [3.63, 3.8) is 0 Å². The Morgan fingerprint density at radius 3 is 0.585 bits per heavy atom. The van der Waals surface area contributed by atoms with Gasteiger partial charge in [0.05, 0.1) is 0 Å². The van der Waals surface area contributed by atoms with E-state index in [1.54, 1.807) is 0 Å². The fourth-order valence-corrected chi connectivity index (χ4v) is 10.0. The van der Waals surface area contributed by atoms with E-state index in [2.05, 4.69) is 53.2 Å². The van der Waals surface area contributed by atoms with E-state index in [0.29, 0.717) is 0 Å². The van der Waals surface area contributed by atoms with Gasteiger partial charge in [-0.25, -0.2) is 0 Å². The van der Waals surface area contributed by atoms with Crippen molar-refractivity contribution < 1.29 is 0 Å². The maximum absolute atomic E-state index is 3.13. The van der Waals surface area contributed by atoms with Crippen LogP contribution < -0.4 is 0 Å². The van der Waals surface area contributed by atoms with Crippen molar-refractivity contribution >= 4 is 33.7 Å². The van der Waals surface area contributed by atoms with Crippen LogP contribution in [-0.4, -0.2) is 84.6 Å². The number of rotatable bonds is 33. The van der Waals surface area contributed by atoms with Gasteiger partial charge in [-0.2, -0.15) is 0 Å². The topological polar surface area (TPSA) is 9.72 Å². The Balaban J connectivity index is 0. The minimum absolute atomic E-state index is 0. The number of hydrogen-bond donors (Lipinski definition) is 0. The number of hydrogen-bond acceptors (Lipinski definition) is 3. The molecule has 241 valence electrons. The Bertz CT molecular complexity index is 379. The van der Waals surface area contributed by atoms with Gasteiger partial charge >= 0.3 is 14.8 Å². The Morgan fingerprint density at radius 1 is 0.268 bits per heavy atom. The van der Waals surface area contributed by atoms with E-state index in [-0.39, 0.29) is 18.9 Å². The third-order valence-electron chi connectivity index (χ3n) is 8.77. The van der Waals surface area contributed by atoms with E-state index in [4.69, 9.17) is 0 Å². The van der Waals surface area contributed by atoms with Gasteiger partial charge in [-0.15, -0.1) is 0 Å². The van der Waals surface area contributed by atoms with Crippen LogP contribution in [0.1, 0.15) is 196 Å². The van der Waals surface area contributed by atoms with Crippen molar-refractivity contribution in [2.75, 3.05) is 39.3 Å². The van der Waals surface area contributed by atoms with Gasteiger partial charge < -0.3 is 11.7 Å². The molecule has 5 heteroatoms. The Kier molecular flexibility index (Phi) is 38.2. The molecule has 0 aromatic carbocycles. The third-order valence-corrected chi connectivity index (χ3v) is 12.3. The predicted octanol–water partition coefficient (Wildman–Crippen LogP) is 11.0. The van der Waals surface area contributed by atoms with Crippen LogP contribution in [0.2, 0.25) is 0 Å². The molecule has 0 aliphatic heterocycles. The van der Waals surface area contributed by atoms with Crippen molar-refractivity contribution in [1.29, 1.82) is 0 Å². The first-order valence-electron chi connectivity index (χ1n) is 18.9. The molecule has 0 saturated carbocycles. The Hall–Kier alpha value is 1.01. The monoisotopic (exact) mass is 587 g/mol. The van der Waals surface area contributed by atoms with Crippen LogP contribution in [0.3, 0.4) is 0 Å².